The topological polar surface area (TPSA) is 38.0 Å². The molecule has 3 aromatic rings. The molecule has 0 heterocycles. The van der Waals surface area contributed by atoms with Crippen molar-refractivity contribution in [3.63, 3.8) is 0 Å². The Bertz CT molecular complexity index is 783. The minimum atomic E-state index is -0.0756. The van der Waals surface area contributed by atoms with Crippen molar-refractivity contribution in [2.45, 2.75) is 13.0 Å². The lowest BCUT2D eigenvalue weighted by Gasteiger charge is -2.20. The molecular weight excluding hydrogens is 280 g/mol. The molecule has 0 bridgehead atoms. The maximum atomic E-state index is 6.23. The smallest absolute Gasteiger partial charge is 0.0713 e. The molecule has 0 saturated carbocycles. The molecule has 1 atom stereocenters. The first-order chi connectivity index (χ1) is 10.2. The van der Waals surface area contributed by atoms with Crippen LogP contribution >= 0.6 is 11.6 Å². The molecule has 0 aliphatic carbocycles. The Hall–Kier alpha value is -1.87. The van der Waals surface area contributed by atoms with Crippen LogP contribution in [0.2, 0.25) is 5.02 Å². The molecule has 21 heavy (non-hydrogen) atoms. The lowest BCUT2D eigenvalue weighted by molar-refractivity contribution is 0.634. The van der Waals surface area contributed by atoms with Gasteiger partial charge in [-0.1, -0.05) is 60.1 Å². The van der Waals surface area contributed by atoms with Gasteiger partial charge >= 0.3 is 0 Å². The van der Waals surface area contributed by atoms with E-state index in [1.54, 1.807) is 0 Å². The van der Waals surface area contributed by atoms with Gasteiger partial charge in [0, 0.05) is 5.02 Å². The molecule has 106 valence electrons. The van der Waals surface area contributed by atoms with Crippen molar-refractivity contribution in [2.75, 3.05) is 0 Å². The average Bonchev–Trinajstić information content (AvgIpc) is 2.52. The van der Waals surface area contributed by atoms with E-state index in [4.69, 9.17) is 17.4 Å². The lowest BCUT2D eigenvalue weighted by Crippen LogP contribution is -2.29. The van der Waals surface area contributed by atoms with E-state index in [9.17, 15) is 0 Å². The van der Waals surface area contributed by atoms with Gasteiger partial charge < -0.3 is 0 Å². The Morgan fingerprint density at radius 1 is 0.952 bits per heavy atom. The Morgan fingerprint density at radius 2 is 1.71 bits per heavy atom. The maximum absolute atomic E-state index is 6.23. The number of halogens is 1. The molecule has 0 aliphatic heterocycles. The highest BCUT2D eigenvalue weighted by Gasteiger charge is 2.16. The molecule has 0 radical (unpaired) electrons. The van der Waals surface area contributed by atoms with Crippen molar-refractivity contribution in [3.8, 4) is 0 Å². The van der Waals surface area contributed by atoms with Gasteiger partial charge in [-0.2, -0.15) is 0 Å². The minimum Gasteiger partial charge on any atom is -0.271 e. The van der Waals surface area contributed by atoms with Crippen LogP contribution in [0.5, 0.6) is 0 Å². The van der Waals surface area contributed by atoms with Crippen LogP contribution in [-0.2, 0) is 0 Å². The number of nitrogens with one attached hydrogen (secondary N) is 1. The van der Waals surface area contributed by atoms with Crippen LogP contribution in [0.3, 0.4) is 0 Å². The van der Waals surface area contributed by atoms with Gasteiger partial charge in [0.25, 0.3) is 0 Å². The average molecular weight is 297 g/mol. The van der Waals surface area contributed by atoms with Crippen LogP contribution in [0.25, 0.3) is 10.8 Å². The predicted octanol–water partition coefficient (Wildman–Crippen LogP) is 4.35. The number of rotatable bonds is 3. The van der Waals surface area contributed by atoms with E-state index in [0.29, 0.717) is 0 Å². The van der Waals surface area contributed by atoms with Crippen LogP contribution in [-0.4, -0.2) is 0 Å². The second kappa shape index (κ2) is 5.86. The summed E-state index contributed by atoms with van der Waals surface area (Å²) < 4.78 is 0. The second-order valence-electron chi connectivity index (χ2n) is 5.16. The van der Waals surface area contributed by atoms with Gasteiger partial charge in [-0.3, -0.25) is 5.84 Å². The van der Waals surface area contributed by atoms with Crippen LogP contribution in [0.15, 0.2) is 60.7 Å². The molecule has 3 rings (SSSR count). The summed E-state index contributed by atoms with van der Waals surface area (Å²) in [7, 11) is 0. The standard InChI is InChI=1S/C18H17ClN2/c1-12-16(7-4-8-17(12)19)18(21-20)15-10-9-13-5-2-3-6-14(13)11-15/h2-11,18,21H,20H2,1H3. The molecule has 3 N–H and O–H groups in total. The Balaban J connectivity index is 2.11. The molecule has 0 aliphatic rings. The predicted molar refractivity (Wildman–Crippen MR) is 89.3 cm³/mol. The summed E-state index contributed by atoms with van der Waals surface area (Å²) in [6, 6.07) is 20.5. The lowest BCUT2D eigenvalue weighted by atomic mass is 9.94. The summed E-state index contributed by atoms with van der Waals surface area (Å²) >= 11 is 6.23. The Labute approximate surface area is 129 Å². The molecule has 0 aromatic heterocycles. The fourth-order valence-corrected chi connectivity index (χ4v) is 2.87. The van der Waals surface area contributed by atoms with Gasteiger partial charge in [-0.15, -0.1) is 0 Å². The zero-order valence-electron chi connectivity index (χ0n) is 11.8. The minimum absolute atomic E-state index is 0.0756. The Morgan fingerprint density at radius 3 is 2.48 bits per heavy atom. The van der Waals surface area contributed by atoms with E-state index in [0.717, 1.165) is 21.7 Å². The van der Waals surface area contributed by atoms with Crippen LogP contribution < -0.4 is 11.3 Å². The highest BCUT2D eigenvalue weighted by atomic mass is 35.5. The molecule has 3 aromatic carbocycles. The summed E-state index contributed by atoms with van der Waals surface area (Å²) in [6.45, 7) is 2.02. The molecule has 3 heteroatoms. The van der Waals surface area contributed by atoms with Crippen LogP contribution in [0.1, 0.15) is 22.7 Å². The third-order valence-electron chi connectivity index (χ3n) is 3.89. The molecule has 0 saturated heterocycles. The molecule has 0 fully saturated rings. The molecule has 2 nitrogen and oxygen atoms in total. The van der Waals surface area contributed by atoms with Gasteiger partial charge in [0.05, 0.1) is 6.04 Å². The number of nitrogens with two attached hydrogens (primary N) is 1. The summed E-state index contributed by atoms with van der Waals surface area (Å²) in [4.78, 5) is 0. The van der Waals surface area contributed by atoms with Crippen molar-refractivity contribution >= 4 is 22.4 Å². The SMILES string of the molecule is Cc1c(Cl)cccc1C(NN)c1ccc2ccccc2c1. The van der Waals surface area contributed by atoms with Crippen LogP contribution in [0.4, 0.5) is 0 Å². The van der Waals surface area contributed by atoms with E-state index in [1.807, 2.05) is 31.2 Å². The molecule has 0 spiro atoms. The fourth-order valence-electron chi connectivity index (χ4n) is 2.69. The maximum Gasteiger partial charge on any atom is 0.0713 e. The van der Waals surface area contributed by atoms with Gasteiger partial charge in [0.2, 0.25) is 0 Å². The van der Waals surface area contributed by atoms with E-state index in [1.165, 1.54) is 10.8 Å². The van der Waals surface area contributed by atoms with Gasteiger partial charge in [0.1, 0.15) is 0 Å². The molecule has 0 amide bonds. The number of benzene rings is 3. The van der Waals surface area contributed by atoms with E-state index in [-0.39, 0.29) is 6.04 Å². The zero-order valence-corrected chi connectivity index (χ0v) is 12.6. The van der Waals surface area contributed by atoms with Crippen molar-refractivity contribution in [2.24, 2.45) is 5.84 Å². The summed E-state index contributed by atoms with van der Waals surface area (Å²) in [6.07, 6.45) is 0. The number of hydrogen-bond acceptors (Lipinski definition) is 2. The highest BCUT2D eigenvalue weighted by molar-refractivity contribution is 6.31. The van der Waals surface area contributed by atoms with Crippen LogP contribution in [0, 0.1) is 6.92 Å². The first kappa shape index (κ1) is 14.1. The normalized spacial score (nSPS) is 12.5. The fraction of sp³-hybridized carbons (Fsp3) is 0.111. The van der Waals surface area contributed by atoms with Gasteiger partial charge in [-0.05, 0) is 46.5 Å². The third kappa shape index (κ3) is 2.66. The van der Waals surface area contributed by atoms with Crippen molar-refractivity contribution in [1.29, 1.82) is 0 Å². The van der Waals surface area contributed by atoms with Crippen molar-refractivity contribution in [1.82, 2.24) is 5.43 Å². The summed E-state index contributed by atoms with van der Waals surface area (Å²) in [5.41, 5.74) is 6.18. The largest absolute Gasteiger partial charge is 0.271 e. The highest BCUT2D eigenvalue weighted by Crippen LogP contribution is 2.29. The van der Waals surface area contributed by atoms with Crippen molar-refractivity contribution in [3.05, 3.63) is 82.4 Å². The quantitative estimate of drug-likeness (QED) is 0.557. The number of fused-ring (bicyclic) bond motifs is 1. The van der Waals surface area contributed by atoms with Crippen molar-refractivity contribution < 1.29 is 0 Å². The van der Waals surface area contributed by atoms with E-state index < -0.39 is 0 Å². The first-order valence-corrected chi connectivity index (χ1v) is 7.28. The third-order valence-corrected chi connectivity index (χ3v) is 4.30. The molecule has 1 unspecified atom stereocenters. The number of hydrogen-bond donors (Lipinski definition) is 2. The van der Waals surface area contributed by atoms with E-state index >= 15 is 0 Å². The Kier molecular flexibility index (Phi) is 3.93. The van der Waals surface area contributed by atoms with Gasteiger partial charge in [0.15, 0.2) is 0 Å². The second-order valence-corrected chi connectivity index (χ2v) is 5.57. The summed E-state index contributed by atoms with van der Waals surface area (Å²) in [5, 5.41) is 3.18. The number of hydrazine groups is 1. The summed E-state index contributed by atoms with van der Waals surface area (Å²) in [5.74, 6) is 5.81. The monoisotopic (exact) mass is 296 g/mol. The molecular formula is C18H17ClN2. The first-order valence-electron chi connectivity index (χ1n) is 6.90. The van der Waals surface area contributed by atoms with Gasteiger partial charge in [-0.25, -0.2) is 5.43 Å². The van der Waals surface area contributed by atoms with E-state index in [2.05, 4.69) is 41.8 Å². The zero-order chi connectivity index (χ0) is 14.8.